The van der Waals surface area contributed by atoms with E-state index in [0.717, 1.165) is 39.1 Å². The fraction of sp³-hybridized carbons (Fsp3) is 0.632. The third kappa shape index (κ3) is 2.45. The average Bonchev–Trinajstić information content (AvgIpc) is 2.41. The Labute approximate surface area is 133 Å². The highest BCUT2D eigenvalue weighted by Crippen LogP contribution is 2.47. The molecule has 3 aliphatic heterocycles. The van der Waals surface area contributed by atoms with Gasteiger partial charge >= 0.3 is 0 Å². The number of rotatable bonds is 3. The van der Waals surface area contributed by atoms with Crippen LogP contribution in [-0.4, -0.2) is 36.6 Å². The van der Waals surface area contributed by atoms with Gasteiger partial charge in [-0.3, -0.25) is 4.79 Å². The molecule has 0 atom stereocenters. The van der Waals surface area contributed by atoms with Gasteiger partial charge in [0.25, 0.3) is 5.91 Å². The van der Waals surface area contributed by atoms with E-state index in [-0.39, 0.29) is 5.91 Å². The maximum Gasteiger partial charge on any atom is 0.279 e. The number of hydrogen-bond acceptors (Lipinski definition) is 1. The van der Waals surface area contributed by atoms with Gasteiger partial charge in [-0.05, 0) is 44.2 Å². The molecular formula is C19H27N2O+. The highest BCUT2D eigenvalue weighted by Gasteiger charge is 2.51. The van der Waals surface area contributed by atoms with Crippen molar-refractivity contribution in [1.82, 2.24) is 0 Å². The Kier molecular flexibility index (Phi) is 3.30. The number of anilines is 1. The molecule has 0 aromatic heterocycles. The van der Waals surface area contributed by atoms with Crippen molar-refractivity contribution in [2.45, 2.75) is 33.1 Å². The fourth-order valence-electron chi connectivity index (χ4n) is 5.71. The summed E-state index contributed by atoms with van der Waals surface area (Å²) >= 11 is 0. The number of para-hydroxylation sites is 1. The summed E-state index contributed by atoms with van der Waals surface area (Å²) in [5.74, 6) is 2.87. The minimum atomic E-state index is 0.208. The van der Waals surface area contributed by atoms with Gasteiger partial charge in [0.2, 0.25) is 0 Å². The van der Waals surface area contributed by atoms with Crippen LogP contribution < -0.4 is 5.32 Å². The predicted molar refractivity (Wildman–Crippen MR) is 88.6 cm³/mol. The summed E-state index contributed by atoms with van der Waals surface area (Å²) in [7, 11) is 0. The molecule has 1 N–H and O–H groups in total. The summed E-state index contributed by atoms with van der Waals surface area (Å²) in [6.45, 7) is 8.55. The van der Waals surface area contributed by atoms with Gasteiger partial charge in [-0.15, -0.1) is 0 Å². The quantitative estimate of drug-likeness (QED) is 0.854. The first-order valence-corrected chi connectivity index (χ1v) is 8.74. The third-order valence-electron chi connectivity index (χ3n) is 6.16. The van der Waals surface area contributed by atoms with Crippen LogP contribution in [0.1, 0.15) is 30.4 Å². The van der Waals surface area contributed by atoms with Crippen molar-refractivity contribution in [2.75, 3.05) is 31.5 Å². The van der Waals surface area contributed by atoms with Crippen molar-refractivity contribution < 1.29 is 9.28 Å². The lowest BCUT2D eigenvalue weighted by molar-refractivity contribution is -0.947. The summed E-state index contributed by atoms with van der Waals surface area (Å²) in [6, 6.07) is 6.19. The lowest BCUT2D eigenvalue weighted by Crippen LogP contribution is -2.67. The molecule has 4 bridgehead atoms. The zero-order valence-corrected chi connectivity index (χ0v) is 13.8. The van der Waals surface area contributed by atoms with E-state index < -0.39 is 0 Å². The summed E-state index contributed by atoms with van der Waals surface area (Å²) < 4.78 is 1.07. The van der Waals surface area contributed by atoms with Crippen LogP contribution in [0.25, 0.3) is 0 Å². The van der Waals surface area contributed by atoms with Crippen molar-refractivity contribution in [2.24, 2.45) is 17.8 Å². The molecule has 3 heterocycles. The predicted octanol–water partition coefficient (Wildman–Crippen LogP) is 3.12. The Hall–Kier alpha value is -1.35. The van der Waals surface area contributed by atoms with Gasteiger partial charge < -0.3 is 9.80 Å². The molecule has 1 aromatic carbocycles. The molecule has 1 saturated carbocycles. The number of carbonyl (C=O) groups is 1. The number of nitrogens with one attached hydrogen (secondary N) is 1. The SMILES string of the molecule is Cc1cccc(C)c1NC(=O)C[N+]12CC3CC(CC(C3)C1)C2. The van der Waals surface area contributed by atoms with Crippen LogP contribution in [-0.2, 0) is 4.79 Å². The number of carbonyl (C=O) groups excluding carboxylic acids is 1. The number of nitrogens with zero attached hydrogens (tertiary/aromatic N) is 1. The minimum absolute atomic E-state index is 0.208. The summed E-state index contributed by atoms with van der Waals surface area (Å²) in [4.78, 5) is 12.7. The standard InChI is InChI=1S/C19H26N2O/c1-13-4-3-5-14(2)19(13)20-18(22)12-21-9-15-6-16(10-21)8-17(7-15)11-21/h3-5,15-17H,6-12H2,1-2H3/p+1. The number of amides is 1. The molecule has 0 radical (unpaired) electrons. The van der Waals surface area contributed by atoms with Crippen molar-refractivity contribution in [3.8, 4) is 0 Å². The number of hydrogen-bond donors (Lipinski definition) is 1. The van der Waals surface area contributed by atoms with E-state index in [1.807, 2.05) is 0 Å². The maximum atomic E-state index is 12.7. The molecule has 4 fully saturated rings. The zero-order valence-electron chi connectivity index (χ0n) is 13.8. The van der Waals surface area contributed by atoms with Crippen LogP contribution in [0.15, 0.2) is 18.2 Å². The third-order valence-corrected chi connectivity index (χ3v) is 6.16. The Morgan fingerprint density at radius 2 is 1.55 bits per heavy atom. The molecule has 4 aliphatic rings. The zero-order chi connectivity index (χ0) is 15.3. The van der Waals surface area contributed by atoms with Crippen molar-refractivity contribution in [3.05, 3.63) is 29.3 Å². The monoisotopic (exact) mass is 299 g/mol. The van der Waals surface area contributed by atoms with Gasteiger partial charge in [0.15, 0.2) is 6.54 Å². The van der Waals surface area contributed by atoms with Gasteiger partial charge in [0, 0.05) is 23.4 Å². The Balaban J connectivity index is 1.48. The van der Waals surface area contributed by atoms with Crippen LogP contribution >= 0.6 is 0 Å². The number of piperidine rings is 3. The smallest absolute Gasteiger partial charge is 0.279 e. The first-order valence-electron chi connectivity index (χ1n) is 8.74. The van der Waals surface area contributed by atoms with Gasteiger partial charge in [-0.25, -0.2) is 0 Å². The van der Waals surface area contributed by atoms with Crippen LogP contribution in [0.5, 0.6) is 0 Å². The molecule has 3 saturated heterocycles. The van der Waals surface area contributed by atoms with E-state index in [9.17, 15) is 4.79 Å². The number of benzene rings is 1. The second-order valence-corrected chi connectivity index (χ2v) is 8.17. The highest BCUT2D eigenvalue weighted by atomic mass is 16.2. The molecule has 3 nitrogen and oxygen atoms in total. The Bertz CT molecular complexity index is 552. The molecule has 22 heavy (non-hydrogen) atoms. The molecule has 0 spiro atoms. The van der Waals surface area contributed by atoms with E-state index in [2.05, 4.69) is 37.4 Å². The molecule has 0 unspecified atom stereocenters. The fourth-order valence-corrected chi connectivity index (χ4v) is 5.71. The topological polar surface area (TPSA) is 29.1 Å². The lowest BCUT2D eigenvalue weighted by Gasteiger charge is -2.57. The van der Waals surface area contributed by atoms with Crippen LogP contribution in [0.2, 0.25) is 0 Å². The van der Waals surface area contributed by atoms with Gasteiger partial charge in [-0.1, -0.05) is 18.2 Å². The second kappa shape index (κ2) is 5.09. The largest absolute Gasteiger partial charge is 0.321 e. The average molecular weight is 299 g/mol. The first-order chi connectivity index (χ1) is 10.5. The second-order valence-electron chi connectivity index (χ2n) is 8.17. The van der Waals surface area contributed by atoms with Crippen molar-refractivity contribution >= 4 is 11.6 Å². The molecule has 3 heteroatoms. The minimum Gasteiger partial charge on any atom is -0.321 e. The summed E-state index contributed by atoms with van der Waals surface area (Å²) in [6.07, 6.45) is 4.28. The van der Waals surface area contributed by atoms with Gasteiger partial charge in [0.1, 0.15) is 0 Å². The van der Waals surface area contributed by atoms with E-state index in [0.29, 0.717) is 6.54 Å². The van der Waals surface area contributed by atoms with E-state index in [1.165, 1.54) is 38.9 Å². The molecule has 5 rings (SSSR count). The molecule has 118 valence electrons. The summed E-state index contributed by atoms with van der Waals surface area (Å²) in [5.41, 5.74) is 3.33. The van der Waals surface area contributed by atoms with Crippen molar-refractivity contribution in [3.63, 3.8) is 0 Å². The Morgan fingerprint density at radius 3 is 2.05 bits per heavy atom. The Morgan fingerprint density at radius 1 is 1.05 bits per heavy atom. The van der Waals surface area contributed by atoms with Crippen LogP contribution in [0.4, 0.5) is 5.69 Å². The van der Waals surface area contributed by atoms with E-state index in [4.69, 9.17) is 0 Å². The molecular weight excluding hydrogens is 272 g/mol. The molecule has 1 aliphatic carbocycles. The van der Waals surface area contributed by atoms with Gasteiger partial charge in [0.05, 0.1) is 19.6 Å². The lowest BCUT2D eigenvalue weighted by atomic mass is 9.67. The highest BCUT2D eigenvalue weighted by molar-refractivity contribution is 5.93. The van der Waals surface area contributed by atoms with Crippen LogP contribution in [0, 0.1) is 31.6 Å². The molecule has 1 aromatic rings. The van der Waals surface area contributed by atoms with Crippen LogP contribution in [0.3, 0.4) is 0 Å². The number of aryl methyl sites for hydroxylation is 2. The summed E-state index contributed by atoms with van der Waals surface area (Å²) in [5, 5.41) is 3.20. The van der Waals surface area contributed by atoms with E-state index >= 15 is 0 Å². The van der Waals surface area contributed by atoms with Gasteiger partial charge in [-0.2, -0.15) is 0 Å². The van der Waals surface area contributed by atoms with Crippen molar-refractivity contribution in [1.29, 1.82) is 0 Å². The number of quaternary nitrogens is 1. The maximum absolute atomic E-state index is 12.7. The first kappa shape index (κ1) is 14.3. The van der Waals surface area contributed by atoms with E-state index in [1.54, 1.807) is 0 Å². The normalized spacial score (nSPS) is 35.6. The molecule has 1 amide bonds.